The van der Waals surface area contributed by atoms with E-state index >= 15 is 0 Å². The highest BCUT2D eigenvalue weighted by Crippen LogP contribution is 2.24. The Bertz CT molecular complexity index is 748. The van der Waals surface area contributed by atoms with Crippen LogP contribution >= 0.6 is 11.6 Å². The number of carbonyl (C=O) groups is 3. The van der Waals surface area contributed by atoms with E-state index < -0.39 is 17.8 Å². The molecule has 0 fully saturated rings. The summed E-state index contributed by atoms with van der Waals surface area (Å²) in [4.78, 5) is 40.9. The first-order valence-electron chi connectivity index (χ1n) is 5.88. The molecule has 1 aliphatic heterocycles. The van der Waals surface area contributed by atoms with Crippen LogP contribution in [0.3, 0.4) is 0 Å². The summed E-state index contributed by atoms with van der Waals surface area (Å²) in [5, 5.41) is 4.13. The van der Waals surface area contributed by atoms with E-state index in [-0.39, 0.29) is 21.8 Å². The second-order valence-electron chi connectivity index (χ2n) is 4.34. The second-order valence-corrected chi connectivity index (χ2v) is 4.69. The Labute approximate surface area is 123 Å². The monoisotopic (exact) mass is 305 g/mol. The number of carbonyl (C=O) groups excluding carboxylic acids is 3. The van der Waals surface area contributed by atoms with Gasteiger partial charge in [0.1, 0.15) is 5.56 Å². The molecule has 0 spiro atoms. The summed E-state index contributed by atoms with van der Waals surface area (Å²) < 4.78 is 1.32. The summed E-state index contributed by atoms with van der Waals surface area (Å²) in [6, 6.07) is 6.21. The number of amides is 2. The van der Waals surface area contributed by atoms with Gasteiger partial charge in [-0.15, -0.1) is 0 Å². The van der Waals surface area contributed by atoms with Crippen LogP contribution < -0.4 is 0 Å². The van der Waals surface area contributed by atoms with E-state index in [1.165, 1.54) is 23.0 Å². The van der Waals surface area contributed by atoms with Crippen LogP contribution in [0.25, 0.3) is 0 Å². The molecule has 106 valence electrons. The lowest BCUT2D eigenvalue weighted by Crippen LogP contribution is -2.32. The highest BCUT2D eigenvalue weighted by molar-refractivity contribution is 6.32. The Balaban J connectivity index is 1.87. The molecule has 21 heavy (non-hydrogen) atoms. The smallest absolute Gasteiger partial charge is 0.324 e. The van der Waals surface area contributed by atoms with Gasteiger partial charge in [0.2, 0.25) is 0 Å². The molecule has 0 saturated carbocycles. The molecule has 3 rings (SSSR count). The number of aromatic nitrogens is 2. The zero-order chi connectivity index (χ0) is 15.1. The van der Waals surface area contributed by atoms with Crippen LogP contribution in [-0.2, 0) is 11.9 Å². The van der Waals surface area contributed by atoms with Gasteiger partial charge < -0.3 is 4.84 Å². The lowest BCUT2D eigenvalue weighted by atomic mass is 10.1. The maximum Gasteiger partial charge on any atom is 0.368 e. The Morgan fingerprint density at radius 3 is 2.24 bits per heavy atom. The normalized spacial score (nSPS) is 13.5. The number of hydroxylamine groups is 2. The molecule has 2 amide bonds. The van der Waals surface area contributed by atoms with E-state index in [4.69, 9.17) is 16.4 Å². The fraction of sp³-hybridized carbons (Fsp3) is 0.0769. The van der Waals surface area contributed by atoms with Crippen molar-refractivity contribution >= 4 is 29.4 Å². The third kappa shape index (κ3) is 2.07. The van der Waals surface area contributed by atoms with Gasteiger partial charge in [-0.2, -0.15) is 5.10 Å². The van der Waals surface area contributed by atoms with Crippen molar-refractivity contribution in [3.63, 3.8) is 0 Å². The maximum absolute atomic E-state index is 12.0. The molecule has 1 aromatic carbocycles. The summed E-state index contributed by atoms with van der Waals surface area (Å²) in [5.41, 5.74) is 0.343. The number of hydrogen-bond acceptors (Lipinski definition) is 5. The standard InChI is InChI=1S/C13H8ClN3O4/c1-16-6-9(10(14)15-16)13(20)21-17-11(18)7-4-2-3-5-8(7)12(17)19/h2-6H,1H3. The van der Waals surface area contributed by atoms with Gasteiger partial charge in [-0.25, -0.2) is 4.79 Å². The SMILES string of the molecule is Cn1cc(C(=O)ON2C(=O)c3ccccc3C2=O)c(Cl)n1. The quantitative estimate of drug-likeness (QED) is 0.784. The number of aryl methyl sites for hydroxylation is 1. The highest BCUT2D eigenvalue weighted by atomic mass is 35.5. The van der Waals surface area contributed by atoms with Crippen molar-refractivity contribution in [3.8, 4) is 0 Å². The molecule has 2 aromatic rings. The first kappa shape index (κ1) is 13.3. The topological polar surface area (TPSA) is 81.5 Å². The van der Waals surface area contributed by atoms with Crippen LogP contribution in [0, 0.1) is 0 Å². The lowest BCUT2D eigenvalue weighted by molar-refractivity contribution is -0.0584. The van der Waals surface area contributed by atoms with E-state index in [2.05, 4.69) is 5.10 Å². The van der Waals surface area contributed by atoms with Crippen molar-refractivity contribution < 1.29 is 19.2 Å². The number of rotatable bonds is 2. The number of hydrogen-bond donors (Lipinski definition) is 0. The largest absolute Gasteiger partial charge is 0.368 e. The van der Waals surface area contributed by atoms with Crippen LogP contribution in [0.1, 0.15) is 31.1 Å². The average Bonchev–Trinajstić information content (AvgIpc) is 2.92. The van der Waals surface area contributed by atoms with E-state index in [0.717, 1.165) is 0 Å². The minimum Gasteiger partial charge on any atom is -0.324 e. The minimum atomic E-state index is -0.928. The predicted octanol–water partition coefficient (Wildman–Crippen LogP) is 1.44. The molecule has 0 saturated heterocycles. The van der Waals surface area contributed by atoms with Gasteiger partial charge in [-0.1, -0.05) is 28.8 Å². The molecule has 8 heteroatoms. The summed E-state index contributed by atoms with van der Waals surface area (Å²) in [6.07, 6.45) is 1.34. The van der Waals surface area contributed by atoms with Gasteiger partial charge in [0, 0.05) is 13.2 Å². The number of fused-ring (bicyclic) bond motifs is 1. The molecule has 0 N–H and O–H groups in total. The van der Waals surface area contributed by atoms with Crippen molar-refractivity contribution in [2.24, 2.45) is 7.05 Å². The summed E-state index contributed by atoms with van der Waals surface area (Å²) in [7, 11) is 1.57. The predicted molar refractivity (Wildman–Crippen MR) is 70.6 cm³/mol. The van der Waals surface area contributed by atoms with Crippen molar-refractivity contribution in [1.29, 1.82) is 0 Å². The van der Waals surface area contributed by atoms with Crippen LogP contribution in [0.4, 0.5) is 0 Å². The fourth-order valence-corrected chi connectivity index (χ4v) is 2.23. The molecular formula is C13H8ClN3O4. The summed E-state index contributed by atoms with van der Waals surface area (Å²) in [5.74, 6) is -2.31. The van der Waals surface area contributed by atoms with E-state index in [0.29, 0.717) is 5.06 Å². The Kier molecular flexibility index (Phi) is 2.99. The van der Waals surface area contributed by atoms with Gasteiger partial charge in [0.25, 0.3) is 11.8 Å². The molecule has 0 unspecified atom stereocenters. The Hall–Kier alpha value is -2.67. The fourth-order valence-electron chi connectivity index (χ4n) is 1.98. The molecular weight excluding hydrogens is 298 g/mol. The Morgan fingerprint density at radius 1 is 1.19 bits per heavy atom. The first-order valence-corrected chi connectivity index (χ1v) is 6.26. The maximum atomic E-state index is 12.0. The number of imide groups is 1. The first-order chi connectivity index (χ1) is 9.99. The molecule has 7 nitrogen and oxygen atoms in total. The average molecular weight is 306 g/mol. The minimum absolute atomic E-state index is 0.0317. The van der Waals surface area contributed by atoms with Gasteiger partial charge in [-0.3, -0.25) is 14.3 Å². The summed E-state index contributed by atoms with van der Waals surface area (Å²) >= 11 is 5.77. The van der Waals surface area contributed by atoms with Crippen LogP contribution in [0.5, 0.6) is 0 Å². The van der Waals surface area contributed by atoms with Crippen molar-refractivity contribution in [2.45, 2.75) is 0 Å². The summed E-state index contributed by atoms with van der Waals surface area (Å²) in [6.45, 7) is 0. The van der Waals surface area contributed by atoms with Gasteiger partial charge >= 0.3 is 5.97 Å². The third-order valence-electron chi connectivity index (χ3n) is 2.93. The Morgan fingerprint density at radius 2 is 1.76 bits per heavy atom. The van der Waals surface area contributed by atoms with Gasteiger partial charge in [0.05, 0.1) is 11.1 Å². The zero-order valence-electron chi connectivity index (χ0n) is 10.7. The second kappa shape index (κ2) is 4.71. The van der Waals surface area contributed by atoms with Crippen LogP contribution in [0.2, 0.25) is 5.15 Å². The third-order valence-corrected chi connectivity index (χ3v) is 3.21. The molecule has 0 aliphatic carbocycles. The lowest BCUT2D eigenvalue weighted by Gasteiger charge is -2.11. The molecule has 0 bridgehead atoms. The van der Waals surface area contributed by atoms with Crippen LogP contribution in [0.15, 0.2) is 30.5 Å². The molecule has 2 heterocycles. The number of halogens is 1. The highest BCUT2D eigenvalue weighted by Gasteiger charge is 2.39. The van der Waals surface area contributed by atoms with E-state index in [1.807, 2.05) is 0 Å². The van der Waals surface area contributed by atoms with Crippen molar-refractivity contribution in [3.05, 3.63) is 52.3 Å². The van der Waals surface area contributed by atoms with Gasteiger partial charge in [0.15, 0.2) is 5.15 Å². The van der Waals surface area contributed by atoms with Crippen molar-refractivity contribution in [1.82, 2.24) is 14.8 Å². The van der Waals surface area contributed by atoms with Crippen LogP contribution in [-0.4, -0.2) is 32.6 Å². The van der Waals surface area contributed by atoms with E-state index in [9.17, 15) is 14.4 Å². The molecule has 1 aromatic heterocycles. The number of nitrogens with zero attached hydrogens (tertiary/aromatic N) is 3. The molecule has 0 atom stereocenters. The number of benzene rings is 1. The van der Waals surface area contributed by atoms with Crippen molar-refractivity contribution in [2.75, 3.05) is 0 Å². The molecule has 1 aliphatic rings. The molecule has 0 radical (unpaired) electrons. The van der Waals surface area contributed by atoms with E-state index in [1.54, 1.807) is 19.2 Å². The zero-order valence-corrected chi connectivity index (χ0v) is 11.5. The van der Waals surface area contributed by atoms with Gasteiger partial charge in [-0.05, 0) is 12.1 Å².